The van der Waals surface area contributed by atoms with Crippen LogP contribution in [0.3, 0.4) is 0 Å². The number of benzene rings is 2. The lowest BCUT2D eigenvalue weighted by Gasteiger charge is -2.42. The average Bonchev–Trinajstić information content (AvgIpc) is 3.68. The highest BCUT2D eigenvalue weighted by Crippen LogP contribution is 2.45. The van der Waals surface area contributed by atoms with Crippen LogP contribution in [0.4, 0.5) is 10.5 Å². The molecule has 10 nitrogen and oxygen atoms in total. The molecule has 1 saturated carbocycles. The van der Waals surface area contributed by atoms with Gasteiger partial charge in [0.2, 0.25) is 5.88 Å². The number of likely N-dealkylation sites (N-methyl/N-ethyl adjacent to an activating group) is 1. The zero-order valence-corrected chi connectivity index (χ0v) is 42.3. The van der Waals surface area contributed by atoms with Gasteiger partial charge in [-0.15, -0.1) is 0 Å². The lowest BCUT2D eigenvalue weighted by molar-refractivity contribution is -0.112. The number of carbonyl (C=O) groups excluding carboxylic acids is 2. The van der Waals surface area contributed by atoms with E-state index in [1.165, 1.54) is 49.7 Å². The first-order valence-electron chi connectivity index (χ1n) is 24.4. The lowest BCUT2D eigenvalue weighted by atomic mass is 9.82. The Labute approximate surface area is 396 Å². The smallest absolute Gasteiger partial charge is 0.317 e. The summed E-state index contributed by atoms with van der Waals surface area (Å²) >= 11 is 7.18. The number of urea groups is 1. The van der Waals surface area contributed by atoms with Gasteiger partial charge in [0.15, 0.2) is 0 Å². The van der Waals surface area contributed by atoms with Crippen molar-refractivity contribution in [3.8, 4) is 28.3 Å². The average molecular weight is 912 g/mol. The third-order valence-electron chi connectivity index (χ3n) is 13.7. The van der Waals surface area contributed by atoms with Crippen molar-refractivity contribution in [1.82, 2.24) is 20.2 Å². The van der Waals surface area contributed by atoms with E-state index in [0.717, 1.165) is 84.6 Å². The standard InChI is InChI=1S/C33H35ClN4O2.C15H30N2O2.C4H8.C2H6/c1-7-19(2)30-24(10-9-13-27(30)36-32(39)23-16-17-35-38(5)21(23)4)25-11-8-12-26(31(25)34)28-18-22-15-14-20(3)29(22)33(37-28)40-6;1-5-13(3)7-8-15(6-2)9-10-17(11-12-19-4)14(18)16-15;1-2-4-3-1;1-2/h8-13,16-20H,4,7,14-15H2,1-3,5-6H3,(H,36,39);13H,5-12H2,1-4H3,(H,16,18);1-4H2;1-2H3. The number of amides is 3. The zero-order valence-electron chi connectivity index (χ0n) is 41.5. The van der Waals surface area contributed by atoms with Crippen LogP contribution in [0.5, 0.6) is 5.88 Å². The fraction of sp³-hybridized carbons (Fsp3) is 0.556. The number of nitrogens with zero attached hydrogens (tertiary/aromatic N) is 4. The Morgan fingerprint density at radius 3 is 2.32 bits per heavy atom. The number of hydrogen-bond donors (Lipinski definition) is 2. The topological polar surface area (TPSA) is 108 Å². The third-order valence-corrected chi connectivity index (χ3v) is 14.1. The molecule has 0 radical (unpaired) electrons. The first kappa shape index (κ1) is 52.9. The maximum absolute atomic E-state index is 13.3. The van der Waals surface area contributed by atoms with Gasteiger partial charge in [0.1, 0.15) is 0 Å². The Morgan fingerprint density at radius 2 is 1.71 bits per heavy atom. The number of fused-ring (bicyclic) bond motifs is 1. The van der Waals surface area contributed by atoms with Gasteiger partial charge in [0.05, 0.1) is 35.7 Å². The van der Waals surface area contributed by atoms with Crippen molar-refractivity contribution < 1.29 is 19.1 Å². The quantitative estimate of drug-likeness (QED) is 0.157. The first-order chi connectivity index (χ1) is 31.3. The molecule has 0 bridgehead atoms. The molecule has 1 aromatic heterocycles. The summed E-state index contributed by atoms with van der Waals surface area (Å²) in [5.41, 5.74) is 8.85. The number of rotatable bonds is 15. The molecule has 2 aliphatic carbocycles. The molecule has 2 aromatic carbocycles. The molecule has 4 unspecified atom stereocenters. The first-order valence-corrected chi connectivity index (χ1v) is 24.7. The van der Waals surface area contributed by atoms with E-state index in [0.29, 0.717) is 41.2 Å². The summed E-state index contributed by atoms with van der Waals surface area (Å²) in [4.78, 5) is 32.2. The second kappa shape index (κ2) is 25.9. The van der Waals surface area contributed by atoms with Crippen LogP contribution >= 0.6 is 11.6 Å². The molecule has 2 aliphatic heterocycles. The summed E-state index contributed by atoms with van der Waals surface area (Å²) in [5, 5.41) is 12.8. The van der Waals surface area contributed by atoms with Crippen LogP contribution in [0, 0.1) is 5.92 Å². The highest BCUT2D eigenvalue weighted by molar-refractivity contribution is 6.36. The fourth-order valence-electron chi connectivity index (χ4n) is 8.49. The molecule has 3 aromatic rings. The maximum atomic E-state index is 13.3. The Balaban J connectivity index is 0.000000307. The number of hydrazone groups is 1. The van der Waals surface area contributed by atoms with E-state index in [4.69, 9.17) is 26.1 Å². The van der Waals surface area contributed by atoms with Gasteiger partial charge in [-0.25, -0.2) is 9.78 Å². The van der Waals surface area contributed by atoms with Gasteiger partial charge in [-0.3, -0.25) is 9.80 Å². The zero-order chi connectivity index (χ0) is 47.7. The molecule has 4 atom stereocenters. The molecular weight excluding hydrogens is 832 g/mol. The van der Waals surface area contributed by atoms with Crippen LogP contribution in [0.25, 0.3) is 22.4 Å². The van der Waals surface area contributed by atoms with Crippen molar-refractivity contribution in [3.05, 3.63) is 88.1 Å². The summed E-state index contributed by atoms with van der Waals surface area (Å²) in [6.45, 7) is 23.4. The number of pyridine rings is 1. The molecule has 1 saturated heterocycles. The van der Waals surface area contributed by atoms with Crippen LogP contribution in [0.2, 0.25) is 5.02 Å². The second-order valence-corrected chi connectivity index (χ2v) is 18.2. The monoisotopic (exact) mass is 911 g/mol. The summed E-state index contributed by atoms with van der Waals surface area (Å²) in [5.74, 6) is 1.79. The van der Waals surface area contributed by atoms with Crippen LogP contribution in [-0.4, -0.2) is 79.5 Å². The van der Waals surface area contributed by atoms with E-state index < -0.39 is 0 Å². The van der Waals surface area contributed by atoms with Gasteiger partial charge in [-0.2, -0.15) is 5.10 Å². The number of carbonyl (C=O) groups is 2. The molecule has 0 spiro atoms. The van der Waals surface area contributed by atoms with E-state index in [1.807, 2.05) is 49.1 Å². The molecule has 65 heavy (non-hydrogen) atoms. The van der Waals surface area contributed by atoms with Crippen molar-refractivity contribution in [1.29, 1.82) is 0 Å². The molecule has 7 rings (SSSR count). The molecular formula is C54H79ClN6O4. The molecule has 3 heterocycles. The van der Waals surface area contributed by atoms with Gasteiger partial charge in [-0.1, -0.05) is 136 Å². The second-order valence-electron chi connectivity index (χ2n) is 17.8. The minimum Gasteiger partial charge on any atom is -0.481 e. The molecule has 2 N–H and O–H groups in total. The highest BCUT2D eigenvalue weighted by atomic mass is 35.5. The molecule has 11 heteroatoms. The van der Waals surface area contributed by atoms with Crippen LogP contribution < -0.4 is 15.4 Å². The predicted octanol–water partition coefficient (Wildman–Crippen LogP) is 13.6. The maximum Gasteiger partial charge on any atom is 0.317 e. The van der Waals surface area contributed by atoms with Crippen molar-refractivity contribution in [2.45, 2.75) is 150 Å². The number of ether oxygens (including phenoxy) is 2. The van der Waals surface area contributed by atoms with Crippen molar-refractivity contribution in [2.75, 3.05) is 46.3 Å². The van der Waals surface area contributed by atoms with Gasteiger partial charge in [0.25, 0.3) is 5.91 Å². The number of methoxy groups -OCH3 is 2. The largest absolute Gasteiger partial charge is 0.481 e. The number of hydrogen-bond acceptors (Lipinski definition) is 7. The third kappa shape index (κ3) is 13.5. The number of aryl methyl sites for hydroxylation is 1. The van der Waals surface area contributed by atoms with E-state index in [9.17, 15) is 9.59 Å². The summed E-state index contributed by atoms with van der Waals surface area (Å²) in [7, 11) is 5.12. The van der Waals surface area contributed by atoms with E-state index in [2.05, 4.69) is 76.0 Å². The molecule has 2 fully saturated rings. The Hall–Kier alpha value is -4.67. The highest BCUT2D eigenvalue weighted by Gasteiger charge is 2.36. The van der Waals surface area contributed by atoms with E-state index in [1.54, 1.807) is 38.6 Å². The number of nitrogens with one attached hydrogen (secondary N) is 2. The van der Waals surface area contributed by atoms with Gasteiger partial charge in [-0.05, 0) is 97.6 Å². The summed E-state index contributed by atoms with van der Waals surface area (Å²) in [6.07, 6.45) is 17.9. The van der Waals surface area contributed by atoms with Gasteiger partial charge < -0.3 is 25.0 Å². The van der Waals surface area contributed by atoms with Crippen molar-refractivity contribution >= 4 is 35.4 Å². The minimum atomic E-state index is -0.229. The summed E-state index contributed by atoms with van der Waals surface area (Å²) < 4.78 is 10.8. The molecule has 3 amide bonds. The lowest BCUT2D eigenvalue weighted by Crippen LogP contribution is -2.60. The Kier molecular flexibility index (Phi) is 21.1. The number of allylic oxidation sites excluding steroid dienone is 1. The van der Waals surface area contributed by atoms with Crippen LogP contribution in [0.15, 0.2) is 71.5 Å². The summed E-state index contributed by atoms with van der Waals surface area (Å²) in [6, 6.07) is 14.2. The SMILES string of the molecule is C1CCC1.C=C1C(C(=O)Nc2cccc(-c3cccc(-c4cc5c(c(OC)n4)C(C)CC5)c3Cl)c2C(C)CC)=CC=NN1C.CC.CCC(C)CCC1(CC)CCN(CCOC)C(=O)N1. The van der Waals surface area contributed by atoms with E-state index in [-0.39, 0.29) is 23.4 Å². The Bertz CT molecular complexity index is 2110. The number of anilines is 1. The van der Waals surface area contributed by atoms with Crippen LogP contribution in [0.1, 0.15) is 155 Å². The number of halogens is 1. The number of aromatic nitrogens is 1. The van der Waals surface area contributed by atoms with E-state index >= 15 is 0 Å². The van der Waals surface area contributed by atoms with Gasteiger partial charge in [0, 0.05) is 61.4 Å². The molecule has 4 aliphatic rings. The van der Waals surface area contributed by atoms with Crippen LogP contribution in [-0.2, 0) is 16.0 Å². The van der Waals surface area contributed by atoms with Crippen molar-refractivity contribution in [2.24, 2.45) is 11.0 Å². The molecule has 356 valence electrons. The Morgan fingerprint density at radius 1 is 1.03 bits per heavy atom. The fourth-order valence-corrected chi connectivity index (χ4v) is 8.82. The van der Waals surface area contributed by atoms with Gasteiger partial charge >= 0.3 is 6.03 Å². The predicted molar refractivity (Wildman–Crippen MR) is 272 cm³/mol. The normalized spacial score (nSPS) is 19.4. The van der Waals surface area contributed by atoms with Crippen molar-refractivity contribution in [3.63, 3.8) is 0 Å². The minimum absolute atomic E-state index is 0.0179.